The minimum absolute atomic E-state index is 0.0347. The van der Waals surface area contributed by atoms with Gasteiger partial charge in [0.2, 0.25) is 11.8 Å². The minimum atomic E-state index is -4.18. The van der Waals surface area contributed by atoms with Gasteiger partial charge >= 0.3 is 0 Å². The number of nitrogens with zero attached hydrogens (tertiary/aromatic N) is 2. The lowest BCUT2D eigenvalue weighted by Crippen LogP contribution is -2.54. The maximum absolute atomic E-state index is 14.4. The normalized spacial score (nSPS) is 12.0. The highest BCUT2D eigenvalue weighted by atomic mass is 35.5. The fourth-order valence-corrected chi connectivity index (χ4v) is 6.30. The largest absolute Gasteiger partial charge is 0.352 e. The first-order valence-corrected chi connectivity index (χ1v) is 15.9. The van der Waals surface area contributed by atoms with Crippen LogP contribution >= 0.6 is 11.6 Å². The van der Waals surface area contributed by atoms with Gasteiger partial charge in [-0.1, -0.05) is 96.5 Å². The van der Waals surface area contributed by atoms with E-state index in [4.69, 9.17) is 11.6 Å². The summed E-state index contributed by atoms with van der Waals surface area (Å²) in [4.78, 5) is 29.6. The van der Waals surface area contributed by atoms with Crippen LogP contribution in [-0.4, -0.2) is 43.8 Å². The monoisotopic (exact) mass is 617 g/mol. The zero-order chi connectivity index (χ0) is 31.0. The minimum Gasteiger partial charge on any atom is -0.352 e. The molecular formula is C34H36ClN3O4S. The van der Waals surface area contributed by atoms with Gasteiger partial charge in [-0.3, -0.25) is 13.9 Å². The third-order valence-electron chi connectivity index (χ3n) is 6.95. The van der Waals surface area contributed by atoms with Gasteiger partial charge in [-0.15, -0.1) is 0 Å². The van der Waals surface area contributed by atoms with Crippen LogP contribution < -0.4 is 9.62 Å². The molecule has 0 heterocycles. The summed E-state index contributed by atoms with van der Waals surface area (Å²) >= 11 is 6.42. The molecule has 1 atom stereocenters. The Balaban J connectivity index is 1.80. The van der Waals surface area contributed by atoms with E-state index in [1.54, 1.807) is 36.4 Å². The van der Waals surface area contributed by atoms with Crippen molar-refractivity contribution in [3.8, 4) is 0 Å². The fourth-order valence-electron chi connectivity index (χ4n) is 4.70. The zero-order valence-electron chi connectivity index (χ0n) is 24.5. The molecule has 1 N–H and O–H groups in total. The highest BCUT2D eigenvalue weighted by Gasteiger charge is 2.34. The summed E-state index contributed by atoms with van der Waals surface area (Å²) in [5.74, 6) is -0.848. The molecule has 43 heavy (non-hydrogen) atoms. The first-order valence-electron chi connectivity index (χ1n) is 14.1. The van der Waals surface area contributed by atoms with Crippen LogP contribution in [0.15, 0.2) is 114 Å². The van der Waals surface area contributed by atoms with E-state index in [9.17, 15) is 18.0 Å². The van der Waals surface area contributed by atoms with Gasteiger partial charge in [0.15, 0.2) is 0 Å². The quantitative estimate of drug-likeness (QED) is 0.211. The van der Waals surface area contributed by atoms with Crippen molar-refractivity contribution in [3.63, 3.8) is 0 Å². The molecule has 0 fully saturated rings. The molecule has 0 bridgehead atoms. The number of rotatable bonds is 12. The molecule has 0 saturated heterocycles. The zero-order valence-corrected chi connectivity index (χ0v) is 26.1. The van der Waals surface area contributed by atoms with E-state index < -0.39 is 28.5 Å². The maximum Gasteiger partial charge on any atom is 0.264 e. The molecule has 0 aliphatic carbocycles. The van der Waals surface area contributed by atoms with Gasteiger partial charge in [0.25, 0.3) is 10.0 Å². The molecule has 7 nitrogen and oxygen atoms in total. The van der Waals surface area contributed by atoms with Crippen molar-refractivity contribution in [3.05, 3.63) is 131 Å². The number of amides is 2. The van der Waals surface area contributed by atoms with Crippen LogP contribution in [0.2, 0.25) is 5.02 Å². The number of aryl methyl sites for hydroxylation is 1. The van der Waals surface area contributed by atoms with Crippen molar-refractivity contribution < 1.29 is 18.0 Å². The Morgan fingerprint density at radius 2 is 1.37 bits per heavy atom. The second kappa shape index (κ2) is 14.4. The Hall–Kier alpha value is -4.14. The Morgan fingerprint density at radius 1 is 0.814 bits per heavy atom. The summed E-state index contributed by atoms with van der Waals surface area (Å²) in [5, 5.41) is 3.33. The number of nitrogens with one attached hydrogen (secondary N) is 1. The average molecular weight is 618 g/mol. The van der Waals surface area contributed by atoms with Gasteiger partial charge in [-0.25, -0.2) is 8.42 Å². The highest BCUT2D eigenvalue weighted by Crippen LogP contribution is 2.29. The van der Waals surface area contributed by atoms with Crippen LogP contribution in [0.1, 0.15) is 30.5 Å². The number of carbonyl (C=O) groups excluding carboxylic acids is 2. The number of sulfonamides is 1. The summed E-state index contributed by atoms with van der Waals surface area (Å²) in [6.07, 6.45) is 0.250. The molecular weight excluding hydrogens is 582 g/mol. The Kier molecular flexibility index (Phi) is 10.6. The van der Waals surface area contributed by atoms with E-state index in [2.05, 4.69) is 5.32 Å². The molecule has 0 radical (unpaired) electrons. The van der Waals surface area contributed by atoms with Gasteiger partial charge in [0, 0.05) is 24.0 Å². The predicted octanol–water partition coefficient (Wildman–Crippen LogP) is 6.01. The van der Waals surface area contributed by atoms with Crippen molar-refractivity contribution >= 4 is 39.1 Å². The molecule has 0 unspecified atom stereocenters. The summed E-state index contributed by atoms with van der Waals surface area (Å²) in [7, 11) is -4.18. The molecule has 4 aromatic carbocycles. The van der Waals surface area contributed by atoms with Gasteiger partial charge in [0.1, 0.15) is 12.6 Å². The molecule has 0 saturated carbocycles. The molecule has 2 amide bonds. The lowest BCUT2D eigenvalue weighted by Gasteiger charge is -2.34. The number of halogens is 1. The number of hydrogen-bond donors (Lipinski definition) is 1. The Labute approximate surface area is 259 Å². The summed E-state index contributed by atoms with van der Waals surface area (Å²) in [6, 6.07) is 30.6. The van der Waals surface area contributed by atoms with Crippen LogP contribution in [0, 0.1) is 6.92 Å². The van der Waals surface area contributed by atoms with Gasteiger partial charge in [-0.05, 0) is 61.7 Å². The Bertz CT molecular complexity index is 1630. The second-order valence-corrected chi connectivity index (χ2v) is 12.9. The molecule has 4 aromatic rings. The molecule has 0 aliphatic rings. The van der Waals surface area contributed by atoms with E-state index in [0.29, 0.717) is 5.02 Å². The molecule has 9 heteroatoms. The van der Waals surface area contributed by atoms with Crippen molar-refractivity contribution in [2.75, 3.05) is 10.8 Å². The van der Waals surface area contributed by atoms with Crippen LogP contribution in [0.5, 0.6) is 0 Å². The number of anilines is 1. The molecule has 0 aliphatic heterocycles. The van der Waals surface area contributed by atoms with E-state index >= 15 is 0 Å². The number of benzene rings is 4. The summed E-state index contributed by atoms with van der Waals surface area (Å²) < 4.78 is 29.1. The average Bonchev–Trinajstić information content (AvgIpc) is 3.00. The maximum atomic E-state index is 14.4. The van der Waals surface area contributed by atoms with E-state index in [1.807, 2.05) is 81.4 Å². The van der Waals surface area contributed by atoms with Crippen LogP contribution in [0.3, 0.4) is 0 Å². The lowest BCUT2D eigenvalue weighted by molar-refractivity contribution is -0.140. The number of carbonyl (C=O) groups is 2. The van der Waals surface area contributed by atoms with Crippen molar-refractivity contribution in [2.24, 2.45) is 0 Å². The van der Waals surface area contributed by atoms with Crippen LogP contribution in [0.25, 0.3) is 0 Å². The third kappa shape index (κ3) is 8.24. The van der Waals surface area contributed by atoms with E-state index in [1.165, 1.54) is 17.0 Å². The van der Waals surface area contributed by atoms with Gasteiger partial charge in [0.05, 0.1) is 10.6 Å². The second-order valence-electron chi connectivity index (χ2n) is 10.6. The standard InChI is InChI=1S/C34H36ClN3O4S/c1-25(2)36-34(40)32(21-27-13-7-4-8-14-27)37(23-28-15-9-5-10-16-28)33(39)24-38(29-20-19-26(3)31(35)22-29)43(41,42)30-17-11-6-12-18-30/h4-20,22,25,32H,21,23-24H2,1-3H3,(H,36,40)/t32-/m1/s1. The molecule has 224 valence electrons. The van der Waals surface area contributed by atoms with Crippen molar-refractivity contribution in [2.45, 2.75) is 50.7 Å². The molecule has 4 rings (SSSR count). The van der Waals surface area contributed by atoms with Crippen LogP contribution in [-0.2, 0) is 32.6 Å². The fraction of sp³-hybridized carbons (Fsp3) is 0.235. The van der Waals surface area contributed by atoms with Gasteiger partial charge in [-0.2, -0.15) is 0 Å². The highest BCUT2D eigenvalue weighted by molar-refractivity contribution is 7.92. The SMILES string of the molecule is Cc1ccc(N(CC(=O)N(Cc2ccccc2)[C@H](Cc2ccccc2)C(=O)NC(C)C)S(=O)(=O)c2ccccc2)cc1Cl. The van der Waals surface area contributed by atoms with E-state index in [-0.39, 0.29) is 35.5 Å². The third-order valence-corrected chi connectivity index (χ3v) is 9.15. The van der Waals surface area contributed by atoms with Crippen molar-refractivity contribution in [1.82, 2.24) is 10.2 Å². The van der Waals surface area contributed by atoms with Gasteiger partial charge < -0.3 is 10.2 Å². The number of hydrogen-bond acceptors (Lipinski definition) is 4. The topological polar surface area (TPSA) is 86.8 Å². The van der Waals surface area contributed by atoms with Crippen LogP contribution in [0.4, 0.5) is 5.69 Å². The van der Waals surface area contributed by atoms with Crippen molar-refractivity contribution in [1.29, 1.82) is 0 Å². The lowest BCUT2D eigenvalue weighted by atomic mass is 10.0. The Morgan fingerprint density at radius 3 is 1.93 bits per heavy atom. The molecule has 0 aromatic heterocycles. The first-order chi connectivity index (χ1) is 20.6. The summed E-state index contributed by atoms with van der Waals surface area (Å²) in [5.41, 5.74) is 2.70. The smallest absolute Gasteiger partial charge is 0.264 e. The first kappa shape index (κ1) is 31.8. The predicted molar refractivity (Wildman–Crippen MR) is 171 cm³/mol. The summed E-state index contributed by atoms with van der Waals surface area (Å²) in [6.45, 7) is 5.10. The van der Waals surface area contributed by atoms with E-state index in [0.717, 1.165) is 21.0 Å². The molecule has 0 spiro atoms.